The average Bonchev–Trinajstić information content (AvgIpc) is 2.79. The summed E-state index contributed by atoms with van der Waals surface area (Å²) >= 11 is 1.81. The van der Waals surface area contributed by atoms with Crippen LogP contribution in [0.1, 0.15) is 6.42 Å². The number of hydrogen-bond acceptors (Lipinski definition) is 2. The molecular weight excluding hydrogens is 194 g/mol. The molecule has 2 saturated heterocycles. The van der Waals surface area contributed by atoms with Gasteiger partial charge in [-0.3, -0.25) is 4.79 Å². The van der Waals surface area contributed by atoms with Crippen LogP contribution in [-0.4, -0.2) is 23.0 Å². The molecular formula is C11H11NOS. The molecule has 3 heteroatoms. The lowest BCUT2D eigenvalue weighted by molar-refractivity contribution is -0.116. The second kappa shape index (κ2) is 3.02. The summed E-state index contributed by atoms with van der Waals surface area (Å²) in [6.07, 6.45) is 1.04. The van der Waals surface area contributed by atoms with Gasteiger partial charge in [-0.15, -0.1) is 11.8 Å². The zero-order valence-corrected chi connectivity index (χ0v) is 8.54. The van der Waals surface area contributed by atoms with E-state index < -0.39 is 0 Å². The molecule has 0 aromatic heterocycles. The molecule has 0 radical (unpaired) electrons. The van der Waals surface area contributed by atoms with Gasteiger partial charge in [0.25, 0.3) is 0 Å². The number of carbonyl (C=O) groups excluding carboxylic acids is 1. The largest absolute Gasteiger partial charge is 0.308 e. The van der Waals surface area contributed by atoms with Gasteiger partial charge in [0.05, 0.1) is 5.25 Å². The predicted octanol–water partition coefficient (Wildman–Crippen LogP) is 1.91. The van der Waals surface area contributed by atoms with Crippen LogP contribution in [-0.2, 0) is 4.79 Å². The molecule has 2 heterocycles. The van der Waals surface area contributed by atoms with Crippen LogP contribution in [0.5, 0.6) is 0 Å². The first kappa shape index (κ1) is 8.36. The van der Waals surface area contributed by atoms with Crippen LogP contribution in [0.15, 0.2) is 30.3 Å². The number of thioether (sulfide) groups is 1. The fourth-order valence-corrected chi connectivity index (χ4v) is 3.58. The topological polar surface area (TPSA) is 20.3 Å². The Balaban J connectivity index is 1.97. The number of para-hydroxylation sites is 1. The van der Waals surface area contributed by atoms with E-state index in [1.165, 1.54) is 0 Å². The molecule has 0 aliphatic carbocycles. The fraction of sp³-hybridized carbons (Fsp3) is 0.364. The van der Waals surface area contributed by atoms with E-state index in [9.17, 15) is 4.79 Å². The van der Waals surface area contributed by atoms with E-state index in [1.54, 1.807) is 0 Å². The summed E-state index contributed by atoms with van der Waals surface area (Å²) in [4.78, 5) is 13.8. The maximum atomic E-state index is 11.9. The van der Waals surface area contributed by atoms with Crippen molar-refractivity contribution in [2.45, 2.75) is 17.7 Å². The first-order valence-electron chi connectivity index (χ1n) is 4.86. The Hall–Kier alpha value is -0.960. The Morgan fingerprint density at radius 3 is 2.71 bits per heavy atom. The lowest BCUT2D eigenvalue weighted by Gasteiger charge is -2.26. The molecule has 14 heavy (non-hydrogen) atoms. The van der Waals surface area contributed by atoms with Crippen molar-refractivity contribution in [1.29, 1.82) is 0 Å². The zero-order chi connectivity index (χ0) is 9.54. The molecule has 2 unspecified atom stereocenters. The molecule has 0 saturated carbocycles. The number of hydrogen-bond donors (Lipinski definition) is 0. The SMILES string of the molecule is O=C1C2CC(CS2)N1c1ccccc1. The van der Waals surface area contributed by atoms with E-state index in [-0.39, 0.29) is 5.25 Å². The lowest BCUT2D eigenvalue weighted by atomic mass is 10.2. The van der Waals surface area contributed by atoms with Gasteiger partial charge in [0, 0.05) is 17.5 Å². The van der Waals surface area contributed by atoms with E-state index in [1.807, 2.05) is 47.0 Å². The Morgan fingerprint density at radius 2 is 2.07 bits per heavy atom. The van der Waals surface area contributed by atoms with Crippen molar-refractivity contribution in [3.05, 3.63) is 30.3 Å². The normalized spacial score (nSPS) is 30.0. The first-order chi connectivity index (χ1) is 6.86. The van der Waals surface area contributed by atoms with E-state index >= 15 is 0 Å². The van der Waals surface area contributed by atoms with Crippen molar-refractivity contribution in [2.24, 2.45) is 0 Å². The van der Waals surface area contributed by atoms with Gasteiger partial charge in [-0.1, -0.05) is 18.2 Å². The summed E-state index contributed by atoms with van der Waals surface area (Å²) < 4.78 is 0. The van der Waals surface area contributed by atoms with Crippen molar-refractivity contribution in [2.75, 3.05) is 10.7 Å². The summed E-state index contributed by atoms with van der Waals surface area (Å²) in [7, 11) is 0. The van der Waals surface area contributed by atoms with Crippen LogP contribution in [0.4, 0.5) is 5.69 Å². The Kier molecular flexibility index (Phi) is 1.80. The molecule has 1 aromatic carbocycles. The minimum Gasteiger partial charge on any atom is -0.308 e. The highest BCUT2D eigenvalue weighted by atomic mass is 32.2. The highest BCUT2D eigenvalue weighted by Gasteiger charge is 2.45. The molecule has 0 N–H and O–H groups in total. The first-order valence-corrected chi connectivity index (χ1v) is 5.91. The highest BCUT2D eigenvalue weighted by molar-refractivity contribution is 8.01. The molecule has 2 aliphatic heterocycles. The molecule has 1 aromatic rings. The minimum absolute atomic E-state index is 0.236. The molecule has 0 spiro atoms. The molecule has 3 rings (SSSR count). The Labute approximate surface area is 87.3 Å². The van der Waals surface area contributed by atoms with Crippen molar-refractivity contribution >= 4 is 23.4 Å². The van der Waals surface area contributed by atoms with Crippen molar-refractivity contribution in [3.8, 4) is 0 Å². The van der Waals surface area contributed by atoms with E-state index in [0.29, 0.717) is 11.9 Å². The lowest BCUT2D eigenvalue weighted by Crippen LogP contribution is -2.38. The molecule has 2 fully saturated rings. The van der Waals surface area contributed by atoms with E-state index in [2.05, 4.69) is 0 Å². The van der Waals surface area contributed by atoms with Gasteiger partial charge in [-0.05, 0) is 18.6 Å². The van der Waals surface area contributed by atoms with Gasteiger partial charge in [0.15, 0.2) is 0 Å². The third kappa shape index (κ3) is 1.08. The zero-order valence-electron chi connectivity index (χ0n) is 7.72. The van der Waals surface area contributed by atoms with Crippen molar-refractivity contribution < 1.29 is 4.79 Å². The predicted molar refractivity (Wildman–Crippen MR) is 58.6 cm³/mol. The van der Waals surface area contributed by atoms with Crippen molar-refractivity contribution in [1.82, 2.24) is 0 Å². The smallest absolute Gasteiger partial charge is 0.240 e. The van der Waals surface area contributed by atoms with E-state index in [0.717, 1.165) is 17.9 Å². The van der Waals surface area contributed by atoms with Gasteiger partial charge in [0.2, 0.25) is 5.91 Å². The van der Waals surface area contributed by atoms with Crippen LogP contribution < -0.4 is 4.90 Å². The standard InChI is InChI=1S/C11H11NOS/c13-11-10-6-9(7-14-10)12(11)8-4-2-1-3-5-8/h1-5,9-10H,6-7H2. The maximum absolute atomic E-state index is 11.9. The van der Waals surface area contributed by atoms with Gasteiger partial charge in [0.1, 0.15) is 0 Å². The Bertz CT molecular complexity index is 365. The number of anilines is 1. The van der Waals surface area contributed by atoms with Crippen LogP contribution in [0.2, 0.25) is 0 Å². The van der Waals surface area contributed by atoms with E-state index in [4.69, 9.17) is 0 Å². The number of benzene rings is 1. The molecule has 2 nitrogen and oxygen atoms in total. The van der Waals surface area contributed by atoms with Gasteiger partial charge < -0.3 is 4.90 Å². The van der Waals surface area contributed by atoms with Gasteiger partial charge in [-0.25, -0.2) is 0 Å². The number of rotatable bonds is 1. The molecule has 2 bridgehead atoms. The number of amides is 1. The number of fused-ring (bicyclic) bond motifs is 2. The quantitative estimate of drug-likeness (QED) is 0.698. The average molecular weight is 205 g/mol. The monoisotopic (exact) mass is 205 g/mol. The third-order valence-corrected chi connectivity index (χ3v) is 4.26. The number of carbonyl (C=O) groups is 1. The fourth-order valence-electron chi connectivity index (χ4n) is 2.22. The summed E-state index contributed by atoms with van der Waals surface area (Å²) in [6.45, 7) is 0. The van der Waals surface area contributed by atoms with Gasteiger partial charge >= 0.3 is 0 Å². The van der Waals surface area contributed by atoms with Crippen LogP contribution in [0.25, 0.3) is 0 Å². The second-order valence-corrected chi connectivity index (χ2v) is 4.99. The Morgan fingerprint density at radius 1 is 1.29 bits per heavy atom. The van der Waals surface area contributed by atoms with Gasteiger partial charge in [-0.2, -0.15) is 0 Å². The summed E-state index contributed by atoms with van der Waals surface area (Å²) in [5, 5.41) is 0.236. The summed E-state index contributed by atoms with van der Waals surface area (Å²) in [5.41, 5.74) is 1.06. The van der Waals surface area contributed by atoms with Crippen LogP contribution in [0.3, 0.4) is 0 Å². The van der Waals surface area contributed by atoms with Crippen molar-refractivity contribution in [3.63, 3.8) is 0 Å². The number of nitrogens with zero attached hydrogens (tertiary/aromatic N) is 1. The molecule has 1 amide bonds. The van der Waals surface area contributed by atoms with Crippen LogP contribution in [0, 0.1) is 0 Å². The molecule has 2 aliphatic rings. The summed E-state index contributed by atoms with van der Waals surface area (Å²) in [5.74, 6) is 1.41. The molecule has 72 valence electrons. The summed E-state index contributed by atoms with van der Waals surface area (Å²) in [6, 6.07) is 10.4. The molecule has 2 atom stereocenters. The maximum Gasteiger partial charge on any atom is 0.240 e. The highest BCUT2D eigenvalue weighted by Crippen LogP contribution is 2.40. The second-order valence-electron chi connectivity index (χ2n) is 3.76. The van der Waals surface area contributed by atoms with Crippen LogP contribution >= 0.6 is 11.8 Å². The minimum atomic E-state index is 0.236. The third-order valence-electron chi connectivity index (χ3n) is 2.89.